The highest BCUT2D eigenvalue weighted by Gasteiger charge is 2.31. The molecule has 1 aliphatic heterocycles. The van der Waals surface area contributed by atoms with Crippen LogP contribution in [0.15, 0.2) is 59.5 Å². The second-order valence-electron chi connectivity index (χ2n) is 7.48. The number of hydrogen-bond acceptors (Lipinski definition) is 3. The molecule has 0 saturated carbocycles. The van der Waals surface area contributed by atoms with Gasteiger partial charge in [0.25, 0.3) is 15.9 Å². The van der Waals surface area contributed by atoms with Gasteiger partial charge in [0.15, 0.2) is 0 Å². The summed E-state index contributed by atoms with van der Waals surface area (Å²) in [6.45, 7) is 1.71. The summed E-state index contributed by atoms with van der Waals surface area (Å²) in [5.74, 6) is -3.53. The predicted molar refractivity (Wildman–Crippen MR) is 115 cm³/mol. The fraction of sp³-hybridized carbons (Fsp3) is 0.174. The molecule has 0 unspecified atom stereocenters. The number of nitrogens with one attached hydrogen (secondary N) is 1. The van der Waals surface area contributed by atoms with Gasteiger partial charge < -0.3 is 5.32 Å². The lowest BCUT2D eigenvalue weighted by atomic mass is 10.0. The largest absolute Gasteiger partial charge is 0.322 e. The van der Waals surface area contributed by atoms with E-state index in [0.29, 0.717) is 18.5 Å². The SMILES string of the molecule is Cc1cc(F)ccc1S(=O)(=O)N1CCCc2ccc(NC(=O)c3c(F)cccc3F)cc21. The third-order valence-corrected chi connectivity index (χ3v) is 7.29. The first-order valence-corrected chi connectivity index (χ1v) is 11.3. The topological polar surface area (TPSA) is 66.5 Å². The van der Waals surface area contributed by atoms with Crippen LogP contribution in [0.25, 0.3) is 0 Å². The fourth-order valence-electron chi connectivity index (χ4n) is 3.80. The third kappa shape index (κ3) is 3.95. The number of aryl methyl sites for hydroxylation is 2. The van der Waals surface area contributed by atoms with E-state index in [2.05, 4.69) is 5.32 Å². The maximum atomic E-state index is 13.9. The molecule has 0 saturated heterocycles. The number of anilines is 2. The molecule has 32 heavy (non-hydrogen) atoms. The average Bonchev–Trinajstić information content (AvgIpc) is 2.72. The van der Waals surface area contributed by atoms with Crippen LogP contribution in [0.3, 0.4) is 0 Å². The number of sulfonamides is 1. The quantitative estimate of drug-likeness (QED) is 0.608. The molecule has 0 bridgehead atoms. The molecule has 0 aromatic heterocycles. The maximum Gasteiger partial charge on any atom is 0.264 e. The average molecular weight is 460 g/mol. The Morgan fingerprint density at radius 3 is 2.41 bits per heavy atom. The van der Waals surface area contributed by atoms with Gasteiger partial charge in [0.2, 0.25) is 0 Å². The van der Waals surface area contributed by atoms with E-state index < -0.39 is 38.9 Å². The standard InChI is InChI=1S/C23H19F3N2O3S/c1-14-12-16(24)8-10-21(14)32(30,31)28-11-3-4-15-7-9-17(13-20(15)28)27-23(29)22-18(25)5-2-6-19(22)26/h2,5-10,12-13H,3-4,11H2,1H3,(H,27,29). The van der Waals surface area contributed by atoms with Gasteiger partial charge in [-0.05, 0) is 73.4 Å². The molecule has 0 aliphatic carbocycles. The van der Waals surface area contributed by atoms with Gasteiger partial charge in [-0.2, -0.15) is 0 Å². The minimum absolute atomic E-state index is 0.0189. The number of hydrogen-bond donors (Lipinski definition) is 1. The summed E-state index contributed by atoms with van der Waals surface area (Å²) in [6, 6.07) is 11.2. The zero-order valence-corrected chi connectivity index (χ0v) is 17.8. The zero-order valence-electron chi connectivity index (χ0n) is 17.0. The second kappa shape index (κ2) is 8.31. The number of halogens is 3. The Morgan fingerprint density at radius 2 is 1.72 bits per heavy atom. The monoisotopic (exact) mass is 460 g/mol. The van der Waals surface area contributed by atoms with Crippen LogP contribution in [-0.4, -0.2) is 20.9 Å². The normalized spacial score (nSPS) is 13.6. The Balaban J connectivity index is 1.70. The highest BCUT2D eigenvalue weighted by molar-refractivity contribution is 7.92. The summed E-state index contributed by atoms with van der Waals surface area (Å²) >= 11 is 0. The molecule has 3 aromatic rings. The first kappa shape index (κ1) is 21.9. The number of fused-ring (bicyclic) bond motifs is 1. The number of rotatable bonds is 4. The lowest BCUT2D eigenvalue weighted by Crippen LogP contribution is -2.36. The lowest BCUT2D eigenvalue weighted by Gasteiger charge is -2.31. The number of benzene rings is 3. The number of carbonyl (C=O) groups excluding carboxylic acids is 1. The van der Waals surface area contributed by atoms with Crippen molar-refractivity contribution in [3.05, 3.63) is 88.7 Å². The van der Waals surface area contributed by atoms with Gasteiger partial charge in [-0.15, -0.1) is 0 Å². The predicted octanol–water partition coefficient (Wildman–Crippen LogP) is 4.81. The van der Waals surface area contributed by atoms with Crippen molar-refractivity contribution in [3.63, 3.8) is 0 Å². The van der Waals surface area contributed by atoms with Crippen molar-refractivity contribution in [2.75, 3.05) is 16.2 Å². The van der Waals surface area contributed by atoms with Gasteiger partial charge in [-0.3, -0.25) is 9.10 Å². The van der Waals surface area contributed by atoms with Crippen LogP contribution in [0.5, 0.6) is 0 Å². The summed E-state index contributed by atoms with van der Waals surface area (Å²) in [5.41, 5.74) is 0.837. The number of carbonyl (C=O) groups is 1. The van der Waals surface area contributed by atoms with Crippen molar-refractivity contribution in [2.45, 2.75) is 24.7 Å². The first-order valence-electron chi connectivity index (χ1n) is 9.85. The number of amides is 1. The summed E-state index contributed by atoms with van der Waals surface area (Å²) < 4.78 is 69.3. The van der Waals surface area contributed by atoms with Crippen LogP contribution in [0.4, 0.5) is 24.5 Å². The van der Waals surface area contributed by atoms with Crippen LogP contribution in [-0.2, 0) is 16.4 Å². The van der Waals surface area contributed by atoms with E-state index >= 15 is 0 Å². The molecule has 3 aromatic carbocycles. The van der Waals surface area contributed by atoms with E-state index in [1.807, 2.05) is 0 Å². The summed E-state index contributed by atoms with van der Waals surface area (Å²) in [4.78, 5) is 12.4. The van der Waals surface area contributed by atoms with Crippen LogP contribution in [0, 0.1) is 24.4 Å². The van der Waals surface area contributed by atoms with Crippen molar-refractivity contribution in [1.29, 1.82) is 0 Å². The van der Waals surface area contributed by atoms with Crippen LogP contribution in [0.2, 0.25) is 0 Å². The molecule has 1 heterocycles. The van der Waals surface area contributed by atoms with E-state index in [4.69, 9.17) is 0 Å². The zero-order chi connectivity index (χ0) is 23.0. The maximum absolute atomic E-state index is 13.9. The van der Waals surface area contributed by atoms with Gasteiger partial charge in [-0.25, -0.2) is 21.6 Å². The summed E-state index contributed by atoms with van der Waals surface area (Å²) in [5, 5.41) is 2.43. The molecule has 4 rings (SSSR count). The Hall–Kier alpha value is -3.33. The van der Waals surface area contributed by atoms with E-state index in [1.165, 1.54) is 23.4 Å². The molecule has 166 valence electrons. The molecule has 9 heteroatoms. The second-order valence-corrected chi connectivity index (χ2v) is 9.32. The number of nitrogens with zero attached hydrogens (tertiary/aromatic N) is 1. The van der Waals surface area contributed by atoms with Crippen LogP contribution in [0.1, 0.15) is 27.9 Å². The first-order chi connectivity index (χ1) is 15.2. The Kier molecular flexibility index (Phi) is 5.68. The minimum Gasteiger partial charge on any atom is -0.322 e. The van der Waals surface area contributed by atoms with Gasteiger partial charge in [0.05, 0.1) is 10.6 Å². The van der Waals surface area contributed by atoms with Crippen LogP contribution < -0.4 is 9.62 Å². The van der Waals surface area contributed by atoms with Gasteiger partial charge in [0, 0.05) is 12.2 Å². The molecule has 0 spiro atoms. The molecule has 0 atom stereocenters. The summed E-state index contributed by atoms with van der Waals surface area (Å²) in [7, 11) is -4.00. The fourth-order valence-corrected chi connectivity index (χ4v) is 5.54. The minimum atomic E-state index is -4.00. The van der Waals surface area contributed by atoms with Crippen molar-refractivity contribution in [1.82, 2.24) is 0 Å². The molecule has 5 nitrogen and oxygen atoms in total. The van der Waals surface area contributed by atoms with E-state index in [-0.39, 0.29) is 22.7 Å². The van der Waals surface area contributed by atoms with Crippen molar-refractivity contribution < 1.29 is 26.4 Å². The van der Waals surface area contributed by atoms with E-state index in [9.17, 15) is 26.4 Å². The van der Waals surface area contributed by atoms with Crippen molar-refractivity contribution >= 4 is 27.3 Å². The van der Waals surface area contributed by atoms with E-state index in [0.717, 1.165) is 35.9 Å². The molecular formula is C23H19F3N2O3S. The van der Waals surface area contributed by atoms with E-state index in [1.54, 1.807) is 12.1 Å². The molecule has 1 amide bonds. The molecule has 0 radical (unpaired) electrons. The van der Waals surface area contributed by atoms with Gasteiger partial charge >= 0.3 is 0 Å². The molecule has 0 fully saturated rings. The van der Waals surface area contributed by atoms with Gasteiger partial charge in [-0.1, -0.05) is 12.1 Å². The molecule has 1 aliphatic rings. The van der Waals surface area contributed by atoms with Gasteiger partial charge in [0.1, 0.15) is 23.0 Å². The lowest BCUT2D eigenvalue weighted by molar-refractivity contribution is 0.101. The smallest absolute Gasteiger partial charge is 0.264 e. The summed E-state index contributed by atoms with van der Waals surface area (Å²) in [6.07, 6.45) is 1.21. The Morgan fingerprint density at radius 1 is 1.00 bits per heavy atom. The molecular weight excluding hydrogens is 441 g/mol. The Bertz CT molecular complexity index is 1310. The molecule has 1 N–H and O–H groups in total. The third-order valence-electron chi connectivity index (χ3n) is 5.31. The highest BCUT2D eigenvalue weighted by atomic mass is 32.2. The Labute approximate surface area is 183 Å². The van der Waals surface area contributed by atoms with Crippen molar-refractivity contribution in [2.24, 2.45) is 0 Å². The van der Waals surface area contributed by atoms with Crippen LogP contribution >= 0.6 is 0 Å². The van der Waals surface area contributed by atoms with Crippen molar-refractivity contribution in [3.8, 4) is 0 Å². The highest BCUT2D eigenvalue weighted by Crippen LogP contribution is 2.35.